The fraction of sp³-hybridized carbons (Fsp3) is 1.00. The van der Waals surface area contributed by atoms with E-state index in [0.717, 1.165) is 0 Å². The molecule has 0 fully saturated rings. The van der Waals surface area contributed by atoms with Crippen LogP contribution in [0.3, 0.4) is 0 Å². The molecule has 50 valence electrons. The fourth-order valence-corrected chi connectivity index (χ4v) is 0.406. The van der Waals surface area contributed by atoms with Gasteiger partial charge >= 0.3 is 0 Å². The monoisotopic (exact) mass is 136 g/mol. The van der Waals surface area contributed by atoms with E-state index in [1.807, 2.05) is 13.8 Å². The number of aliphatic hydroxyl groups excluding tert-OH is 1. The summed E-state index contributed by atoms with van der Waals surface area (Å²) in [6.45, 7) is 3.89. The molecule has 0 aromatic rings. The van der Waals surface area contributed by atoms with Gasteiger partial charge in [-0.25, -0.2) is 0 Å². The molecule has 0 amide bonds. The molecule has 8 heavy (non-hydrogen) atoms. The first-order valence-electron chi connectivity index (χ1n) is 2.56. The lowest BCUT2D eigenvalue weighted by molar-refractivity contribution is 0.103. The lowest BCUT2D eigenvalue weighted by Crippen LogP contribution is -2.21. The number of hydrogen-bond acceptors (Lipinski definition) is 3. The molecule has 0 aromatic heterocycles. The van der Waals surface area contributed by atoms with E-state index in [1.54, 1.807) is 0 Å². The van der Waals surface area contributed by atoms with Crippen molar-refractivity contribution in [3.05, 3.63) is 0 Å². The minimum Gasteiger partial charge on any atom is -0.396 e. The number of aliphatic hydroxyl groups is 1. The molecule has 0 saturated heterocycles. The Morgan fingerprint density at radius 3 is 2.25 bits per heavy atom. The Balaban J connectivity index is 3.37. The smallest absolute Gasteiger partial charge is 0.0791 e. The fourth-order valence-electron chi connectivity index (χ4n) is 0.315. The van der Waals surface area contributed by atoms with Crippen molar-refractivity contribution in [1.29, 1.82) is 0 Å². The predicted molar refractivity (Wildman–Crippen MR) is 35.9 cm³/mol. The number of thiol groups is 1. The van der Waals surface area contributed by atoms with Gasteiger partial charge in [-0.05, 0) is 26.8 Å². The zero-order chi connectivity index (χ0) is 6.62. The van der Waals surface area contributed by atoms with Crippen molar-refractivity contribution < 1.29 is 9.29 Å². The van der Waals surface area contributed by atoms with Gasteiger partial charge < -0.3 is 9.29 Å². The number of rotatable bonds is 3. The van der Waals surface area contributed by atoms with Gasteiger partial charge in [-0.3, -0.25) is 0 Å². The summed E-state index contributed by atoms with van der Waals surface area (Å²) >= 11 is 3.62. The Kier molecular flexibility index (Phi) is 3.44. The Hall–Kier alpha value is 0.270. The first kappa shape index (κ1) is 8.27. The molecule has 0 aliphatic heterocycles. The van der Waals surface area contributed by atoms with Crippen molar-refractivity contribution >= 4 is 12.9 Å². The highest BCUT2D eigenvalue weighted by atomic mass is 32.1. The molecule has 0 unspecified atom stereocenters. The minimum absolute atomic E-state index is 0.146. The van der Waals surface area contributed by atoms with Crippen LogP contribution in [-0.4, -0.2) is 17.3 Å². The summed E-state index contributed by atoms with van der Waals surface area (Å²) in [5.41, 5.74) is -0.294. The second-order valence-corrected chi connectivity index (χ2v) is 2.51. The van der Waals surface area contributed by atoms with E-state index < -0.39 is 0 Å². The van der Waals surface area contributed by atoms with Crippen LogP contribution in [0.2, 0.25) is 0 Å². The third-order valence-electron chi connectivity index (χ3n) is 0.961. The molecule has 0 bridgehead atoms. The number of hydrogen-bond donors (Lipinski definition) is 2. The minimum atomic E-state index is -0.294. The summed E-state index contributed by atoms with van der Waals surface area (Å²) in [5.74, 6) is 0. The molecule has 0 spiro atoms. The summed E-state index contributed by atoms with van der Waals surface area (Å²) in [4.78, 5) is 0. The first-order valence-corrected chi connectivity index (χ1v) is 2.92. The van der Waals surface area contributed by atoms with Gasteiger partial charge in [-0.15, -0.1) is 0 Å². The summed E-state index contributed by atoms with van der Waals surface area (Å²) in [6.07, 6.45) is 0.622. The van der Waals surface area contributed by atoms with Crippen molar-refractivity contribution in [1.82, 2.24) is 0 Å². The second kappa shape index (κ2) is 3.33. The molecule has 0 atom stereocenters. The van der Waals surface area contributed by atoms with E-state index in [-0.39, 0.29) is 12.2 Å². The molecule has 0 aliphatic carbocycles. The van der Waals surface area contributed by atoms with Crippen LogP contribution in [-0.2, 0) is 4.18 Å². The standard InChI is InChI=1S/C5H12O2S/c1-5(2,7-8)3-4-6/h6,8H,3-4H2,1-2H3. The normalized spacial score (nSPS) is 12.0. The zero-order valence-corrected chi connectivity index (χ0v) is 6.11. The van der Waals surface area contributed by atoms with Crippen LogP contribution in [0.25, 0.3) is 0 Å². The van der Waals surface area contributed by atoms with Crippen LogP contribution in [0.5, 0.6) is 0 Å². The van der Waals surface area contributed by atoms with Crippen LogP contribution >= 0.6 is 12.9 Å². The summed E-state index contributed by atoms with van der Waals surface area (Å²) in [6, 6.07) is 0. The van der Waals surface area contributed by atoms with Crippen molar-refractivity contribution in [2.75, 3.05) is 6.61 Å². The molecule has 3 heteroatoms. The van der Waals surface area contributed by atoms with Gasteiger partial charge in [-0.1, -0.05) is 0 Å². The van der Waals surface area contributed by atoms with Gasteiger partial charge in [0.15, 0.2) is 0 Å². The van der Waals surface area contributed by atoms with Crippen LogP contribution < -0.4 is 0 Å². The first-order chi connectivity index (χ1) is 3.62. The Bertz CT molecular complexity index is 63.4. The second-order valence-electron chi connectivity index (χ2n) is 2.32. The maximum absolute atomic E-state index is 8.42. The van der Waals surface area contributed by atoms with E-state index in [4.69, 9.17) is 9.29 Å². The van der Waals surface area contributed by atoms with E-state index in [0.29, 0.717) is 6.42 Å². The molecule has 0 heterocycles. The van der Waals surface area contributed by atoms with Crippen LogP contribution in [0.15, 0.2) is 0 Å². The summed E-state index contributed by atoms with van der Waals surface area (Å²) in [7, 11) is 0. The Morgan fingerprint density at radius 1 is 1.62 bits per heavy atom. The highest BCUT2D eigenvalue weighted by molar-refractivity contribution is 7.75. The molecular weight excluding hydrogens is 124 g/mol. The lowest BCUT2D eigenvalue weighted by Gasteiger charge is -2.19. The van der Waals surface area contributed by atoms with Crippen LogP contribution in [0.4, 0.5) is 0 Å². The molecule has 0 rings (SSSR count). The predicted octanol–water partition coefficient (Wildman–Crippen LogP) is 1.01. The van der Waals surface area contributed by atoms with Crippen LogP contribution in [0, 0.1) is 0 Å². The lowest BCUT2D eigenvalue weighted by atomic mass is 10.1. The van der Waals surface area contributed by atoms with Gasteiger partial charge in [0.25, 0.3) is 0 Å². The largest absolute Gasteiger partial charge is 0.396 e. The highest BCUT2D eigenvalue weighted by Crippen LogP contribution is 2.14. The van der Waals surface area contributed by atoms with E-state index in [2.05, 4.69) is 12.9 Å². The van der Waals surface area contributed by atoms with E-state index >= 15 is 0 Å². The van der Waals surface area contributed by atoms with Gasteiger partial charge in [-0.2, -0.15) is 0 Å². The Labute approximate surface area is 55.5 Å². The molecule has 0 aromatic carbocycles. The summed E-state index contributed by atoms with van der Waals surface area (Å²) < 4.78 is 4.71. The highest BCUT2D eigenvalue weighted by Gasteiger charge is 2.15. The van der Waals surface area contributed by atoms with Gasteiger partial charge in [0.1, 0.15) is 0 Å². The van der Waals surface area contributed by atoms with Crippen molar-refractivity contribution in [3.63, 3.8) is 0 Å². The van der Waals surface area contributed by atoms with Crippen LogP contribution in [0.1, 0.15) is 20.3 Å². The van der Waals surface area contributed by atoms with Gasteiger partial charge in [0.2, 0.25) is 0 Å². The molecule has 1 N–H and O–H groups in total. The average molecular weight is 136 g/mol. The average Bonchev–Trinajstić information content (AvgIpc) is 1.67. The zero-order valence-electron chi connectivity index (χ0n) is 5.22. The van der Waals surface area contributed by atoms with Crippen molar-refractivity contribution in [3.8, 4) is 0 Å². The van der Waals surface area contributed by atoms with Crippen molar-refractivity contribution in [2.45, 2.75) is 25.9 Å². The molecule has 0 aliphatic rings. The van der Waals surface area contributed by atoms with E-state index in [9.17, 15) is 0 Å². The van der Waals surface area contributed by atoms with Gasteiger partial charge in [0, 0.05) is 13.0 Å². The third-order valence-corrected chi connectivity index (χ3v) is 1.46. The van der Waals surface area contributed by atoms with Gasteiger partial charge in [0.05, 0.1) is 5.60 Å². The third kappa shape index (κ3) is 3.29. The maximum Gasteiger partial charge on any atom is 0.0791 e. The Morgan fingerprint density at radius 2 is 2.12 bits per heavy atom. The molecular formula is C5H12O2S. The quantitative estimate of drug-likeness (QED) is 0.448. The molecule has 0 saturated carbocycles. The summed E-state index contributed by atoms with van der Waals surface area (Å²) in [5, 5.41) is 8.42. The molecule has 0 radical (unpaired) electrons. The van der Waals surface area contributed by atoms with Crippen molar-refractivity contribution in [2.24, 2.45) is 0 Å². The maximum atomic E-state index is 8.42. The SMILES string of the molecule is CC(C)(CCO)OS. The topological polar surface area (TPSA) is 29.5 Å². The van der Waals surface area contributed by atoms with E-state index in [1.165, 1.54) is 0 Å². The molecule has 2 nitrogen and oxygen atoms in total.